The lowest BCUT2D eigenvalue weighted by Gasteiger charge is -2.16. The average Bonchev–Trinajstić information content (AvgIpc) is 2.98. The molecule has 0 saturated carbocycles. The minimum absolute atomic E-state index is 0.0942. The predicted octanol–water partition coefficient (Wildman–Crippen LogP) is 4.13. The molecule has 2 aromatic carbocycles. The quantitative estimate of drug-likeness (QED) is 0.734. The summed E-state index contributed by atoms with van der Waals surface area (Å²) >= 11 is 1.35. The highest BCUT2D eigenvalue weighted by Gasteiger charge is 2.40. The van der Waals surface area contributed by atoms with Crippen molar-refractivity contribution in [3.8, 4) is 0 Å². The molecule has 0 radical (unpaired) electrons. The Morgan fingerprint density at radius 3 is 2.44 bits per heavy atom. The molecule has 0 bridgehead atoms. The minimum Gasteiger partial charge on any atom is -0.356 e. The first-order valence-corrected chi connectivity index (χ1v) is 10.0. The second kappa shape index (κ2) is 9.37. The minimum atomic E-state index is -0.464. The Balaban J connectivity index is 1.82. The van der Waals surface area contributed by atoms with Gasteiger partial charge in [-0.05, 0) is 30.7 Å². The molecule has 2 aromatic rings. The summed E-state index contributed by atoms with van der Waals surface area (Å²) in [6.07, 6.45) is 2.12. The van der Waals surface area contributed by atoms with Crippen LogP contribution in [0.5, 0.6) is 0 Å². The molecule has 1 aliphatic heterocycles. The number of para-hydroxylation sites is 2. The molecule has 1 atom stereocenters. The van der Waals surface area contributed by atoms with Crippen molar-refractivity contribution in [1.29, 1.82) is 0 Å². The average molecular weight is 382 g/mol. The first-order chi connectivity index (χ1) is 13.2. The first-order valence-electron chi connectivity index (χ1n) is 9.15. The van der Waals surface area contributed by atoms with Crippen molar-refractivity contribution in [3.05, 3.63) is 60.7 Å². The van der Waals surface area contributed by atoms with Gasteiger partial charge in [-0.3, -0.25) is 14.5 Å². The second-order valence-electron chi connectivity index (χ2n) is 6.25. The molecule has 2 amide bonds. The van der Waals surface area contributed by atoms with E-state index in [1.165, 1.54) is 11.8 Å². The summed E-state index contributed by atoms with van der Waals surface area (Å²) in [6, 6.07) is 19.0. The topological polar surface area (TPSA) is 61.8 Å². The highest BCUT2D eigenvalue weighted by atomic mass is 32.2. The molecule has 1 saturated heterocycles. The van der Waals surface area contributed by atoms with E-state index in [1.54, 1.807) is 4.90 Å². The maximum Gasteiger partial charge on any atom is 0.247 e. The maximum atomic E-state index is 13.0. The van der Waals surface area contributed by atoms with Crippen molar-refractivity contribution in [1.82, 2.24) is 5.32 Å². The molecule has 5 nitrogen and oxygen atoms in total. The van der Waals surface area contributed by atoms with Crippen molar-refractivity contribution < 1.29 is 9.59 Å². The lowest BCUT2D eigenvalue weighted by Crippen LogP contribution is -2.35. The number of unbranched alkanes of at least 4 members (excludes halogenated alkanes) is 1. The van der Waals surface area contributed by atoms with Crippen LogP contribution in [0.3, 0.4) is 0 Å². The van der Waals surface area contributed by atoms with Gasteiger partial charge in [0, 0.05) is 13.0 Å². The number of carbonyl (C=O) groups excluding carboxylic acids is 2. The number of benzene rings is 2. The van der Waals surface area contributed by atoms with Gasteiger partial charge in [0.15, 0.2) is 5.17 Å². The molecular weight excluding hydrogens is 358 g/mol. The van der Waals surface area contributed by atoms with E-state index >= 15 is 0 Å². The third-order valence-corrected chi connectivity index (χ3v) is 5.29. The number of hydrogen-bond donors (Lipinski definition) is 1. The van der Waals surface area contributed by atoms with Crippen molar-refractivity contribution in [2.75, 3.05) is 11.4 Å². The SMILES string of the molecule is CCCCNC(=O)C[C@@H]1SC(=Nc2ccccc2)N(c2ccccc2)C1=O. The normalized spacial score (nSPS) is 18.1. The molecule has 1 aliphatic rings. The fourth-order valence-electron chi connectivity index (χ4n) is 2.75. The number of anilines is 1. The van der Waals surface area contributed by atoms with Crippen molar-refractivity contribution >= 4 is 40.1 Å². The number of nitrogens with one attached hydrogen (secondary N) is 1. The van der Waals surface area contributed by atoms with Crippen molar-refractivity contribution in [2.45, 2.75) is 31.4 Å². The van der Waals surface area contributed by atoms with Gasteiger partial charge in [0.1, 0.15) is 5.25 Å². The van der Waals surface area contributed by atoms with Crippen LogP contribution in [0.15, 0.2) is 65.7 Å². The van der Waals surface area contributed by atoms with Crippen LogP contribution in [0.1, 0.15) is 26.2 Å². The molecule has 3 rings (SSSR count). The third-order valence-electron chi connectivity index (χ3n) is 4.15. The van der Waals surface area contributed by atoms with Crippen LogP contribution in [-0.2, 0) is 9.59 Å². The zero-order valence-electron chi connectivity index (χ0n) is 15.3. The monoisotopic (exact) mass is 381 g/mol. The molecule has 140 valence electrons. The van der Waals surface area contributed by atoms with E-state index in [9.17, 15) is 9.59 Å². The Labute approximate surface area is 163 Å². The van der Waals surface area contributed by atoms with Gasteiger partial charge in [-0.2, -0.15) is 0 Å². The number of carbonyl (C=O) groups is 2. The van der Waals surface area contributed by atoms with Gasteiger partial charge < -0.3 is 5.32 Å². The lowest BCUT2D eigenvalue weighted by atomic mass is 10.2. The van der Waals surface area contributed by atoms with E-state index < -0.39 is 5.25 Å². The maximum absolute atomic E-state index is 13.0. The van der Waals surface area contributed by atoms with Crippen LogP contribution in [0, 0.1) is 0 Å². The van der Waals surface area contributed by atoms with Gasteiger partial charge in [-0.1, -0.05) is 61.5 Å². The summed E-state index contributed by atoms with van der Waals surface area (Å²) in [5.41, 5.74) is 1.54. The van der Waals surface area contributed by atoms with Gasteiger partial charge in [0.05, 0.1) is 11.4 Å². The molecule has 1 fully saturated rings. The van der Waals surface area contributed by atoms with Gasteiger partial charge in [-0.25, -0.2) is 4.99 Å². The first kappa shape index (κ1) is 19.2. The molecule has 0 aromatic heterocycles. The van der Waals surface area contributed by atoms with Crippen molar-refractivity contribution in [2.24, 2.45) is 4.99 Å². The summed E-state index contributed by atoms with van der Waals surface area (Å²) < 4.78 is 0. The van der Waals surface area contributed by atoms with Gasteiger partial charge in [0.25, 0.3) is 0 Å². The van der Waals surface area contributed by atoms with E-state index in [-0.39, 0.29) is 18.2 Å². The van der Waals surface area contributed by atoms with Gasteiger partial charge in [-0.15, -0.1) is 0 Å². The smallest absolute Gasteiger partial charge is 0.247 e. The molecule has 0 spiro atoms. The fraction of sp³-hybridized carbons (Fsp3) is 0.286. The molecular formula is C21H23N3O2S. The lowest BCUT2D eigenvalue weighted by molar-refractivity contribution is -0.124. The number of amidine groups is 1. The summed E-state index contributed by atoms with van der Waals surface area (Å²) in [4.78, 5) is 31.5. The zero-order valence-corrected chi connectivity index (χ0v) is 16.1. The van der Waals surface area contributed by atoms with Crippen LogP contribution in [0.25, 0.3) is 0 Å². The summed E-state index contributed by atoms with van der Waals surface area (Å²) in [5.74, 6) is -0.199. The van der Waals surface area contributed by atoms with Crippen LogP contribution in [0.4, 0.5) is 11.4 Å². The Hall–Kier alpha value is -2.60. The molecule has 0 unspecified atom stereocenters. The second-order valence-corrected chi connectivity index (χ2v) is 7.42. The highest BCUT2D eigenvalue weighted by molar-refractivity contribution is 8.16. The standard InChI is InChI=1S/C21H23N3O2S/c1-2-3-14-22-19(25)15-18-20(26)24(17-12-8-5-9-13-17)21(27-18)23-16-10-6-4-7-11-16/h4-13,18H,2-3,14-15H2,1H3,(H,22,25)/t18-/m0/s1. The zero-order chi connectivity index (χ0) is 19.1. The summed E-state index contributed by atoms with van der Waals surface area (Å²) in [5, 5.41) is 3.02. The number of nitrogens with zero attached hydrogens (tertiary/aromatic N) is 2. The molecule has 0 aliphatic carbocycles. The molecule has 1 N–H and O–H groups in total. The Kier molecular flexibility index (Phi) is 6.65. The van der Waals surface area contributed by atoms with Gasteiger partial charge in [0.2, 0.25) is 11.8 Å². The Bertz CT molecular complexity index is 809. The number of thioether (sulfide) groups is 1. The van der Waals surface area contributed by atoms with Crippen LogP contribution in [0.2, 0.25) is 0 Å². The highest BCUT2D eigenvalue weighted by Crippen LogP contribution is 2.35. The number of amides is 2. The number of rotatable bonds is 7. The summed E-state index contributed by atoms with van der Waals surface area (Å²) in [7, 11) is 0. The molecule has 6 heteroatoms. The largest absolute Gasteiger partial charge is 0.356 e. The predicted molar refractivity (Wildman–Crippen MR) is 111 cm³/mol. The number of hydrogen-bond acceptors (Lipinski definition) is 4. The molecule has 1 heterocycles. The van der Waals surface area contributed by atoms with Crippen LogP contribution >= 0.6 is 11.8 Å². The number of aliphatic imine (C=N–C) groups is 1. The third kappa shape index (κ3) is 4.98. The van der Waals surface area contributed by atoms with E-state index in [0.717, 1.165) is 24.2 Å². The van der Waals surface area contributed by atoms with Crippen LogP contribution in [-0.4, -0.2) is 28.8 Å². The fourth-order valence-corrected chi connectivity index (χ4v) is 3.90. The van der Waals surface area contributed by atoms with E-state index in [0.29, 0.717) is 11.7 Å². The van der Waals surface area contributed by atoms with E-state index in [1.807, 2.05) is 60.7 Å². The van der Waals surface area contributed by atoms with Gasteiger partial charge >= 0.3 is 0 Å². The van der Waals surface area contributed by atoms with Crippen LogP contribution < -0.4 is 10.2 Å². The van der Waals surface area contributed by atoms with Crippen molar-refractivity contribution in [3.63, 3.8) is 0 Å². The van der Waals surface area contributed by atoms with E-state index in [4.69, 9.17) is 0 Å². The summed E-state index contributed by atoms with van der Waals surface area (Å²) in [6.45, 7) is 2.72. The van der Waals surface area contributed by atoms with E-state index in [2.05, 4.69) is 17.2 Å². The Morgan fingerprint density at radius 1 is 1.11 bits per heavy atom. The molecule has 27 heavy (non-hydrogen) atoms. The Morgan fingerprint density at radius 2 is 1.78 bits per heavy atom.